The van der Waals surface area contributed by atoms with E-state index in [9.17, 15) is 0 Å². The average Bonchev–Trinajstić information content (AvgIpc) is 1.27. The second-order valence-corrected chi connectivity index (χ2v) is 27.6. The van der Waals surface area contributed by atoms with Crippen LogP contribution in [0.25, 0.3) is 0 Å². The Bertz CT molecular complexity index is 32.3. The molecule has 0 saturated heterocycles. The first-order chi connectivity index (χ1) is 3.41. The van der Waals surface area contributed by atoms with Gasteiger partial charge in [-0.3, -0.25) is 0 Å². The predicted octanol–water partition coefficient (Wildman–Crippen LogP) is 3.75. The Hall–Kier alpha value is 3.03. The molecule has 0 spiro atoms. The molecule has 0 atom stereocenters. The summed E-state index contributed by atoms with van der Waals surface area (Å²) in [5, 5.41) is 0. The minimum atomic E-state index is -3.29. The van der Waals surface area contributed by atoms with Crippen molar-refractivity contribution < 1.29 is 12.7 Å². The third-order valence-electron chi connectivity index (χ3n) is 0. The molecule has 0 bridgehead atoms. The monoisotopic (exact) mass is 388 g/mol. The van der Waals surface area contributed by atoms with Crippen molar-refractivity contribution in [2.24, 2.45) is 0 Å². The molecule has 8 heavy (non-hydrogen) atoms. The Labute approximate surface area is 81.2 Å². The van der Waals surface area contributed by atoms with E-state index >= 15 is 0 Å². The van der Waals surface area contributed by atoms with Crippen LogP contribution in [0.5, 0.6) is 0 Å². The second kappa shape index (κ2) is 8.13. The maximum atomic E-state index is 5.04. The van der Waals surface area contributed by atoms with Gasteiger partial charge in [-0.2, -0.15) is 0 Å². The minimum absolute atomic E-state index is 0.569. The molecule has 0 fully saturated rings. The van der Waals surface area contributed by atoms with Gasteiger partial charge >= 0.3 is 82.6 Å². The van der Waals surface area contributed by atoms with Crippen LogP contribution in [0.4, 0.5) is 0 Å². The van der Waals surface area contributed by atoms with Crippen LogP contribution in [-0.2, 0) is 12.7 Å². The van der Waals surface area contributed by atoms with Crippen LogP contribution in [0, 0.1) is 0 Å². The molecule has 0 rings (SSSR count). The predicted molar refractivity (Wildman–Crippen MR) is 40.9 cm³/mol. The van der Waals surface area contributed by atoms with E-state index in [-0.39, 0.29) is 0 Å². The van der Waals surface area contributed by atoms with Crippen molar-refractivity contribution >= 4 is 69.9 Å². The van der Waals surface area contributed by atoms with Gasteiger partial charge < -0.3 is 0 Å². The molecule has 0 heterocycles. The van der Waals surface area contributed by atoms with E-state index in [4.69, 9.17) is 56.1 Å². The van der Waals surface area contributed by atoms with Crippen molar-refractivity contribution in [2.45, 2.75) is 0 Å². The Morgan fingerprint density at radius 1 is 0.875 bits per heavy atom. The number of hydrogen-bond donors (Lipinski definition) is 0. The van der Waals surface area contributed by atoms with Crippen molar-refractivity contribution in [3.8, 4) is 0 Å². The van der Waals surface area contributed by atoms with Crippen LogP contribution in [0.3, 0.4) is 0 Å². The molecule has 56 valence electrons. The quantitative estimate of drug-likeness (QED) is 0.553. The van der Waals surface area contributed by atoms with E-state index in [1.807, 2.05) is 0 Å². The van der Waals surface area contributed by atoms with E-state index in [0.29, 0.717) is 12.7 Å². The van der Waals surface area contributed by atoms with E-state index in [2.05, 4.69) is 0 Å². The van der Waals surface area contributed by atoms with Crippen molar-refractivity contribution in [3.63, 3.8) is 0 Å². The summed E-state index contributed by atoms with van der Waals surface area (Å²) in [6.07, 6.45) is 0. The summed E-state index contributed by atoms with van der Waals surface area (Å²) in [6.45, 7) is 0. The van der Waals surface area contributed by atoms with Crippen LogP contribution in [0.15, 0.2) is 0 Å². The Kier molecular flexibility index (Phi) is 13.8. The van der Waals surface area contributed by atoms with Crippen molar-refractivity contribution in [3.05, 3.63) is 0 Å². The molecule has 8 heteroatoms. The van der Waals surface area contributed by atoms with Crippen molar-refractivity contribution in [1.29, 1.82) is 0 Å². The number of rotatable bonds is 0. The Balaban J connectivity index is 0. The summed E-state index contributed by atoms with van der Waals surface area (Å²) in [7, 11) is 29.5. The molecule has 0 radical (unpaired) electrons. The normalized spacial score (nSPS) is 10.2. The summed E-state index contributed by atoms with van der Waals surface area (Å²) >= 11 is -2.72. The zero-order valence-corrected chi connectivity index (χ0v) is 11.5. The van der Waals surface area contributed by atoms with Gasteiger partial charge in [-0.05, 0) is 0 Å². The molecule has 0 aliphatic heterocycles. The fourth-order valence-corrected chi connectivity index (χ4v) is 0. The van der Waals surface area contributed by atoms with E-state index < -0.39 is 13.9 Å². The molecule has 0 amide bonds. The standard InChI is InChI=1S/6ClH.Ni.Sn/h6*1H;;/q;;;;;;+2;+4/p-6. The first-order valence-electron chi connectivity index (χ1n) is 0.995. The molecule has 0 N–H and O–H groups in total. The Morgan fingerprint density at radius 2 is 0.875 bits per heavy atom. The summed E-state index contributed by atoms with van der Waals surface area (Å²) < 4.78 is 0. The molecule has 0 aliphatic rings. The molecule has 0 aliphatic carbocycles. The summed E-state index contributed by atoms with van der Waals surface area (Å²) in [5.41, 5.74) is 0. The average molecular weight is 390 g/mol. The zero-order chi connectivity index (χ0) is 7.21. The van der Waals surface area contributed by atoms with Gasteiger partial charge in [0.1, 0.15) is 0 Å². The Morgan fingerprint density at radius 3 is 0.875 bits per heavy atom. The number of hydrogen-bond acceptors (Lipinski definition) is 0. The van der Waals surface area contributed by atoms with Crippen LogP contribution in [-0.4, -0.2) is 13.9 Å². The summed E-state index contributed by atoms with van der Waals surface area (Å²) in [5.74, 6) is 0. The second-order valence-electron chi connectivity index (χ2n) is 0.474. The van der Waals surface area contributed by atoms with E-state index in [1.54, 1.807) is 0 Å². The fraction of sp³-hybridized carbons (Fsp3) is 0. The van der Waals surface area contributed by atoms with Crippen LogP contribution in [0.2, 0.25) is 0 Å². The van der Waals surface area contributed by atoms with Gasteiger partial charge in [0.05, 0.1) is 0 Å². The van der Waals surface area contributed by atoms with Crippen LogP contribution >= 0.6 is 56.1 Å². The first-order valence-corrected chi connectivity index (χ1v) is 18.2. The zero-order valence-electron chi connectivity index (χ0n) is 3.08. The SMILES string of the molecule is [Cl][Ni][Cl].[Cl][Sn]([Cl])([Cl])[Cl]. The van der Waals surface area contributed by atoms with E-state index in [0.717, 1.165) is 0 Å². The fourth-order valence-electron chi connectivity index (χ4n) is 0. The van der Waals surface area contributed by atoms with Gasteiger partial charge in [0, 0.05) is 0 Å². The topological polar surface area (TPSA) is 0 Å². The third-order valence-corrected chi connectivity index (χ3v) is 0. The van der Waals surface area contributed by atoms with Crippen molar-refractivity contribution in [1.82, 2.24) is 0 Å². The van der Waals surface area contributed by atoms with Gasteiger partial charge in [0.25, 0.3) is 0 Å². The molecule has 0 unspecified atom stereocenters. The third kappa shape index (κ3) is 63.4. The summed E-state index contributed by atoms with van der Waals surface area (Å²) in [4.78, 5) is 0. The molecule has 0 saturated carbocycles. The van der Waals surface area contributed by atoms with Gasteiger partial charge in [-0.15, -0.1) is 0 Å². The van der Waals surface area contributed by atoms with Crippen LogP contribution < -0.4 is 0 Å². The number of halogens is 6. The van der Waals surface area contributed by atoms with Crippen LogP contribution in [0.1, 0.15) is 0 Å². The molecule has 0 aromatic carbocycles. The first kappa shape index (κ1) is 13.6. The molecule has 0 nitrogen and oxygen atoms in total. The van der Waals surface area contributed by atoms with Crippen molar-refractivity contribution in [2.75, 3.05) is 0 Å². The van der Waals surface area contributed by atoms with Gasteiger partial charge in [0.2, 0.25) is 0 Å². The van der Waals surface area contributed by atoms with Gasteiger partial charge in [0.15, 0.2) is 0 Å². The van der Waals surface area contributed by atoms with E-state index in [1.165, 1.54) is 0 Å². The molecular weight excluding hydrogens is 390 g/mol. The molecule has 0 aromatic rings. The van der Waals surface area contributed by atoms with Gasteiger partial charge in [-0.1, -0.05) is 0 Å². The van der Waals surface area contributed by atoms with Gasteiger partial charge in [-0.25, -0.2) is 0 Å². The maximum absolute atomic E-state index is 5.04. The molecular formula is Cl6NiSn. The molecule has 0 aromatic heterocycles. The summed E-state index contributed by atoms with van der Waals surface area (Å²) in [6, 6.07) is 0.